The van der Waals surface area contributed by atoms with Crippen molar-refractivity contribution in [2.45, 2.75) is 0 Å². The normalized spacial score (nSPS) is 10.4. The molecule has 158 valence electrons. The number of para-hydroxylation sites is 1. The van der Waals surface area contributed by atoms with Gasteiger partial charge in [0.2, 0.25) is 5.91 Å². The molecule has 0 atom stereocenters. The van der Waals surface area contributed by atoms with Gasteiger partial charge in [0.15, 0.2) is 0 Å². The second kappa shape index (κ2) is 8.97. The van der Waals surface area contributed by atoms with Crippen LogP contribution in [0.2, 0.25) is 0 Å². The smallest absolute Gasteiger partial charge is 0.288 e. The SMILES string of the molecule is NC(=O)c1ccc(Oc2ccc(C(=O)NNC(=O)c3ccc4ccccc4n3)cc2)cc1. The van der Waals surface area contributed by atoms with Crippen LogP contribution in [0.1, 0.15) is 31.2 Å². The second-order valence-electron chi connectivity index (χ2n) is 6.81. The molecular weight excluding hydrogens is 408 g/mol. The van der Waals surface area contributed by atoms with E-state index in [4.69, 9.17) is 10.5 Å². The van der Waals surface area contributed by atoms with Gasteiger partial charge in [-0.25, -0.2) is 4.98 Å². The first-order valence-corrected chi connectivity index (χ1v) is 9.64. The Balaban J connectivity index is 1.34. The van der Waals surface area contributed by atoms with Gasteiger partial charge in [0, 0.05) is 16.5 Å². The van der Waals surface area contributed by atoms with Crippen molar-refractivity contribution in [2.75, 3.05) is 0 Å². The first kappa shape index (κ1) is 20.5. The number of fused-ring (bicyclic) bond motifs is 1. The highest BCUT2D eigenvalue weighted by Gasteiger charge is 2.11. The quantitative estimate of drug-likeness (QED) is 0.423. The molecule has 8 heteroatoms. The van der Waals surface area contributed by atoms with Gasteiger partial charge in [-0.3, -0.25) is 25.2 Å². The number of hydrazine groups is 1. The van der Waals surface area contributed by atoms with Crippen LogP contribution >= 0.6 is 0 Å². The number of nitrogens with zero attached hydrogens (tertiary/aromatic N) is 1. The van der Waals surface area contributed by atoms with Gasteiger partial charge in [-0.05, 0) is 60.7 Å². The fourth-order valence-corrected chi connectivity index (χ4v) is 2.94. The molecule has 1 aromatic heterocycles. The minimum atomic E-state index is -0.525. The maximum absolute atomic E-state index is 12.3. The van der Waals surface area contributed by atoms with Crippen LogP contribution in [0.5, 0.6) is 11.5 Å². The zero-order valence-corrected chi connectivity index (χ0v) is 16.7. The molecule has 1 heterocycles. The van der Waals surface area contributed by atoms with Crippen molar-refractivity contribution < 1.29 is 19.1 Å². The lowest BCUT2D eigenvalue weighted by molar-refractivity contribution is 0.0844. The Labute approximate surface area is 183 Å². The van der Waals surface area contributed by atoms with Crippen molar-refractivity contribution in [2.24, 2.45) is 5.73 Å². The average Bonchev–Trinajstić information content (AvgIpc) is 2.82. The molecule has 0 spiro atoms. The third-order valence-corrected chi connectivity index (χ3v) is 4.61. The van der Waals surface area contributed by atoms with Crippen molar-refractivity contribution >= 4 is 28.6 Å². The number of primary amides is 1. The number of rotatable bonds is 5. The summed E-state index contributed by atoms with van der Waals surface area (Å²) in [6.45, 7) is 0. The number of carbonyl (C=O) groups excluding carboxylic acids is 3. The number of benzene rings is 3. The van der Waals surface area contributed by atoms with Gasteiger partial charge in [-0.2, -0.15) is 0 Å². The van der Waals surface area contributed by atoms with Gasteiger partial charge in [-0.15, -0.1) is 0 Å². The molecule has 4 N–H and O–H groups in total. The summed E-state index contributed by atoms with van der Waals surface area (Å²) in [5.41, 5.74) is 11.5. The van der Waals surface area contributed by atoms with E-state index < -0.39 is 17.7 Å². The number of aromatic nitrogens is 1. The van der Waals surface area contributed by atoms with Gasteiger partial charge < -0.3 is 10.5 Å². The molecule has 3 aromatic carbocycles. The van der Waals surface area contributed by atoms with E-state index in [1.165, 1.54) is 0 Å². The highest BCUT2D eigenvalue weighted by atomic mass is 16.5. The summed E-state index contributed by atoms with van der Waals surface area (Å²) in [5, 5.41) is 0.916. The van der Waals surface area contributed by atoms with Gasteiger partial charge in [0.1, 0.15) is 17.2 Å². The fourth-order valence-electron chi connectivity index (χ4n) is 2.94. The summed E-state index contributed by atoms with van der Waals surface area (Å²) in [6.07, 6.45) is 0. The van der Waals surface area contributed by atoms with Crippen LogP contribution in [-0.4, -0.2) is 22.7 Å². The number of nitrogens with two attached hydrogens (primary N) is 1. The lowest BCUT2D eigenvalue weighted by Gasteiger charge is -2.09. The second-order valence-corrected chi connectivity index (χ2v) is 6.81. The molecule has 0 bridgehead atoms. The van der Waals surface area contributed by atoms with E-state index in [-0.39, 0.29) is 5.69 Å². The zero-order valence-electron chi connectivity index (χ0n) is 16.7. The maximum atomic E-state index is 12.3. The van der Waals surface area contributed by atoms with E-state index in [2.05, 4.69) is 15.8 Å². The molecule has 0 aliphatic carbocycles. The average molecular weight is 426 g/mol. The summed E-state index contributed by atoms with van der Waals surface area (Å²) in [6, 6.07) is 23.5. The Hall–Kier alpha value is -4.72. The van der Waals surface area contributed by atoms with Crippen LogP contribution in [0.3, 0.4) is 0 Å². The van der Waals surface area contributed by atoms with Crippen LogP contribution in [-0.2, 0) is 0 Å². The monoisotopic (exact) mass is 426 g/mol. The van der Waals surface area contributed by atoms with Crippen molar-refractivity contribution in [3.05, 3.63) is 102 Å². The maximum Gasteiger partial charge on any atom is 0.288 e. The number of amides is 3. The third kappa shape index (κ3) is 4.71. The fraction of sp³-hybridized carbons (Fsp3) is 0. The molecule has 8 nitrogen and oxygen atoms in total. The topological polar surface area (TPSA) is 123 Å². The summed E-state index contributed by atoms with van der Waals surface area (Å²) in [7, 11) is 0. The summed E-state index contributed by atoms with van der Waals surface area (Å²) in [5.74, 6) is -0.518. The Morgan fingerprint density at radius 3 is 1.94 bits per heavy atom. The van der Waals surface area contributed by atoms with Crippen LogP contribution in [0, 0.1) is 0 Å². The third-order valence-electron chi connectivity index (χ3n) is 4.61. The van der Waals surface area contributed by atoms with Crippen molar-refractivity contribution in [3.63, 3.8) is 0 Å². The highest BCUT2D eigenvalue weighted by molar-refractivity contribution is 5.99. The standard InChI is InChI=1S/C24H18N4O4/c25-22(29)16-5-10-18(11-6-16)32-19-12-7-17(8-13-19)23(30)27-28-24(31)21-14-9-15-3-1-2-4-20(15)26-21/h1-14H,(H2,25,29)(H,27,30)(H,28,31). The first-order valence-electron chi connectivity index (χ1n) is 9.64. The molecule has 0 saturated carbocycles. The molecule has 0 unspecified atom stereocenters. The van der Waals surface area contributed by atoms with E-state index in [1.54, 1.807) is 66.7 Å². The summed E-state index contributed by atoms with van der Waals surface area (Å²) >= 11 is 0. The molecule has 32 heavy (non-hydrogen) atoms. The molecule has 3 amide bonds. The molecule has 0 radical (unpaired) electrons. The van der Waals surface area contributed by atoms with E-state index in [0.29, 0.717) is 28.1 Å². The molecule has 0 saturated heterocycles. The van der Waals surface area contributed by atoms with Crippen LogP contribution < -0.4 is 21.3 Å². The zero-order chi connectivity index (χ0) is 22.5. The molecule has 0 aliphatic rings. The highest BCUT2D eigenvalue weighted by Crippen LogP contribution is 2.22. The van der Waals surface area contributed by atoms with Crippen LogP contribution in [0.25, 0.3) is 10.9 Å². The number of hydrogen-bond donors (Lipinski definition) is 3. The molecule has 0 fully saturated rings. The Bertz CT molecular complexity index is 1300. The predicted octanol–water partition coefficient (Wildman–Crippen LogP) is 3.20. The van der Waals surface area contributed by atoms with E-state index in [9.17, 15) is 14.4 Å². The first-order chi connectivity index (χ1) is 15.5. The molecular formula is C24H18N4O4. The molecule has 4 rings (SSSR count). The van der Waals surface area contributed by atoms with Crippen LogP contribution in [0.15, 0.2) is 84.9 Å². The molecule has 4 aromatic rings. The minimum Gasteiger partial charge on any atom is -0.457 e. The minimum absolute atomic E-state index is 0.190. The molecule has 0 aliphatic heterocycles. The summed E-state index contributed by atoms with van der Waals surface area (Å²) < 4.78 is 5.68. The van der Waals surface area contributed by atoms with E-state index in [1.807, 2.05) is 18.2 Å². The van der Waals surface area contributed by atoms with Crippen molar-refractivity contribution in [3.8, 4) is 11.5 Å². The Morgan fingerprint density at radius 1 is 0.688 bits per heavy atom. The summed E-state index contributed by atoms with van der Waals surface area (Å²) in [4.78, 5) is 40.0. The van der Waals surface area contributed by atoms with Gasteiger partial charge in [-0.1, -0.05) is 24.3 Å². The number of hydrogen-bond acceptors (Lipinski definition) is 5. The van der Waals surface area contributed by atoms with Gasteiger partial charge in [0.25, 0.3) is 11.8 Å². The Kier molecular flexibility index (Phi) is 5.76. The van der Waals surface area contributed by atoms with Gasteiger partial charge >= 0.3 is 0 Å². The van der Waals surface area contributed by atoms with Gasteiger partial charge in [0.05, 0.1) is 5.52 Å². The largest absolute Gasteiger partial charge is 0.457 e. The number of carbonyl (C=O) groups is 3. The van der Waals surface area contributed by atoms with E-state index >= 15 is 0 Å². The predicted molar refractivity (Wildman–Crippen MR) is 118 cm³/mol. The lowest BCUT2D eigenvalue weighted by Crippen LogP contribution is -2.41. The number of ether oxygens (including phenoxy) is 1. The number of pyridine rings is 1. The van der Waals surface area contributed by atoms with Crippen molar-refractivity contribution in [1.29, 1.82) is 0 Å². The van der Waals surface area contributed by atoms with E-state index in [0.717, 1.165) is 5.39 Å². The van der Waals surface area contributed by atoms with Crippen molar-refractivity contribution in [1.82, 2.24) is 15.8 Å². The number of nitrogens with one attached hydrogen (secondary N) is 2. The van der Waals surface area contributed by atoms with Crippen LogP contribution in [0.4, 0.5) is 0 Å². The Morgan fingerprint density at radius 2 is 1.28 bits per heavy atom. The lowest BCUT2D eigenvalue weighted by atomic mass is 10.2.